The zero-order valence-corrected chi connectivity index (χ0v) is 18.1. The van der Waals surface area contributed by atoms with Gasteiger partial charge in [-0.1, -0.05) is 11.8 Å². The average molecular weight is 442 g/mol. The van der Waals surface area contributed by atoms with Crippen LogP contribution in [0.3, 0.4) is 0 Å². The molecule has 2 N–H and O–H groups in total. The summed E-state index contributed by atoms with van der Waals surface area (Å²) in [5, 5.41) is 13.2. The van der Waals surface area contributed by atoms with Gasteiger partial charge in [0, 0.05) is 12.1 Å². The van der Waals surface area contributed by atoms with Gasteiger partial charge in [0.05, 0.1) is 27.5 Å². The number of carbonyl (C=O) groups is 2. The minimum Gasteiger partial charge on any atom is -0.497 e. The Kier molecular flexibility index (Phi) is 7.50. The van der Waals surface area contributed by atoms with Crippen molar-refractivity contribution in [3.63, 3.8) is 0 Å². The van der Waals surface area contributed by atoms with Crippen LogP contribution < -0.4 is 24.8 Å². The molecular weight excluding hydrogens is 420 g/mol. The Morgan fingerprint density at radius 1 is 1.10 bits per heavy atom. The Bertz CT molecular complexity index is 1010. The number of anilines is 1. The van der Waals surface area contributed by atoms with E-state index >= 15 is 0 Å². The molecule has 10 heteroatoms. The first-order chi connectivity index (χ1) is 15.0. The lowest BCUT2D eigenvalue weighted by Gasteiger charge is -2.08. The van der Waals surface area contributed by atoms with Gasteiger partial charge in [-0.15, -0.1) is 5.10 Å². The Morgan fingerprint density at radius 2 is 1.84 bits per heavy atom. The Morgan fingerprint density at radius 3 is 2.52 bits per heavy atom. The molecule has 1 heterocycles. The summed E-state index contributed by atoms with van der Waals surface area (Å²) >= 11 is 1.16. The molecule has 0 radical (unpaired) electrons. The third kappa shape index (κ3) is 5.98. The van der Waals surface area contributed by atoms with Crippen molar-refractivity contribution in [3.8, 4) is 17.2 Å². The lowest BCUT2D eigenvalue weighted by molar-refractivity contribution is -0.122. The highest BCUT2D eigenvalue weighted by molar-refractivity contribution is 8.15. The van der Waals surface area contributed by atoms with E-state index in [0.29, 0.717) is 28.1 Å². The summed E-state index contributed by atoms with van der Waals surface area (Å²) < 4.78 is 15.5. The zero-order chi connectivity index (χ0) is 22.2. The maximum absolute atomic E-state index is 12.3. The van der Waals surface area contributed by atoms with Crippen molar-refractivity contribution in [3.05, 3.63) is 48.0 Å². The van der Waals surface area contributed by atoms with Gasteiger partial charge in [-0.25, -0.2) is 0 Å². The van der Waals surface area contributed by atoms with E-state index in [4.69, 9.17) is 14.2 Å². The molecule has 1 unspecified atom stereocenters. The van der Waals surface area contributed by atoms with Gasteiger partial charge in [0.2, 0.25) is 11.8 Å². The number of hydrogen-bond donors (Lipinski definition) is 2. The van der Waals surface area contributed by atoms with Crippen molar-refractivity contribution >= 4 is 40.6 Å². The van der Waals surface area contributed by atoms with Gasteiger partial charge in [-0.05, 0) is 48.0 Å². The van der Waals surface area contributed by atoms with Crippen LogP contribution in [0.5, 0.6) is 17.2 Å². The number of hydrogen-bond acceptors (Lipinski definition) is 8. The lowest BCUT2D eigenvalue weighted by Crippen LogP contribution is -2.28. The fourth-order valence-corrected chi connectivity index (χ4v) is 3.65. The summed E-state index contributed by atoms with van der Waals surface area (Å²) in [4.78, 5) is 24.4. The molecule has 1 atom stereocenters. The van der Waals surface area contributed by atoms with E-state index in [1.54, 1.807) is 63.8 Å². The van der Waals surface area contributed by atoms with Gasteiger partial charge in [-0.3, -0.25) is 9.59 Å². The Labute approximate surface area is 183 Å². The lowest BCUT2D eigenvalue weighted by atomic mass is 10.2. The smallest absolute Gasteiger partial charge is 0.240 e. The molecule has 31 heavy (non-hydrogen) atoms. The van der Waals surface area contributed by atoms with E-state index in [0.717, 1.165) is 17.3 Å². The second-order valence-electron chi connectivity index (χ2n) is 6.34. The molecule has 1 saturated heterocycles. The van der Waals surface area contributed by atoms with Crippen molar-refractivity contribution in [1.82, 2.24) is 5.32 Å². The molecule has 0 spiro atoms. The van der Waals surface area contributed by atoms with E-state index in [9.17, 15) is 9.59 Å². The van der Waals surface area contributed by atoms with Crippen LogP contribution in [-0.4, -0.2) is 49.8 Å². The topological polar surface area (TPSA) is 111 Å². The maximum atomic E-state index is 12.3. The molecule has 1 aliphatic rings. The highest BCUT2D eigenvalue weighted by Gasteiger charge is 2.32. The molecule has 1 fully saturated rings. The first-order valence-electron chi connectivity index (χ1n) is 9.27. The van der Waals surface area contributed by atoms with Gasteiger partial charge in [-0.2, -0.15) is 5.10 Å². The van der Waals surface area contributed by atoms with E-state index in [1.807, 2.05) is 0 Å². The number of methoxy groups -OCH3 is 3. The molecule has 0 aromatic heterocycles. The predicted octanol–water partition coefficient (Wildman–Crippen LogP) is 2.66. The molecular formula is C21H22N4O5S. The summed E-state index contributed by atoms with van der Waals surface area (Å²) in [7, 11) is 4.68. The third-order valence-electron chi connectivity index (χ3n) is 4.28. The van der Waals surface area contributed by atoms with E-state index in [1.165, 1.54) is 6.21 Å². The second-order valence-corrected chi connectivity index (χ2v) is 7.53. The second kappa shape index (κ2) is 10.5. The van der Waals surface area contributed by atoms with Crippen LogP contribution in [-0.2, 0) is 9.59 Å². The molecule has 2 amide bonds. The minimum absolute atomic E-state index is 0.0148. The van der Waals surface area contributed by atoms with Crippen LogP contribution in [0.15, 0.2) is 52.7 Å². The van der Waals surface area contributed by atoms with Crippen LogP contribution in [0.25, 0.3) is 0 Å². The van der Waals surface area contributed by atoms with Crippen LogP contribution >= 0.6 is 11.8 Å². The molecule has 0 bridgehead atoms. The first-order valence-corrected chi connectivity index (χ1v) is 10.1. The number of nitrogens with one attached hydrogen (secondary N) is 2. The number of rotatable bonds is 8. The number of carbonyl (C=O) groups excluding carboxylic acids is 2. The van der Waals surface area contributed by atoms with Crippen molar-refractivity contribution < 1.29 is 23.8 Å². The minimum atomic E-state index is -0.576. The Balaban J connectivity index is 1.55. The van der Waals surface area contributed by atoms with Gasteiger partial charge in [0.25, 0.3) is 0 Å². The standard InChI is InChI=1S/C21H22N4O5S/c1-28-15-7-5-14(6-8-15)23-19(26)11-18-20(27)24-21(31-18)25-22-12-13-4-9-16(29-2)17(10-13)30-3/h4-10,12,18H,11H2,1-3H3,(H,23,26)(H,24,25,27)/b22-12+. The largest absolute Gasteiger partial charge is 0.497 e. The van der Waals surface area contributed by atoms with Gasteiger partial charge in [0.15, 0.2) is 16.7 Å². The van der Waals surface area contributed by atoms with Crippen molar-refractivity contribution in [2.24, 2.45) is 10.2 Å². The summed E-state index contributed by atoms with van der Waals surface area (Å²) in [5.41, 5.74) is 1.38. The SMILES string of the molecule is COc1ccc(NC(=O)CC2S/C(=N/N=C/c3ccc(OC)c(OC)c3)NC2=O)cc1. The van der Waals surface area contributed by atoms with Gasteiger partial charge in [0.1, 0.15) is 11.0 Å². The molecule has 1 aliphatic heterocycles. The molecule has 0 aliphatic carbocycles. The predicted molar refractivity (Wildman–Crippen MR) is 120 cm³/mol. The van der Waals surface area contributed by atoms with E-state index in [2.05, 4.69) is 20.8 Å². The first kappa shape index (κ1) is 22.2. The molecule has 9 nitrogen and oxygen atoms in total. The van der Waals surface area contributed by atoms with Crippen LogP contribution in [0.2, 0.25) is 0 Å². The molecule has 0 saturated carbocycles. The third-order valence-corrected chi connectivity index (χ3v) is 5.36. The number of thioether (sulfide) groups is 1. The Hall–Kier alpha value is -3.53. The average Bonchev–Trinajstić information content (AvgIpc) is 3.12. The number of ether oxygens (including phenoxy) is 3. The quantitative estimate of drug-likeness (QED) is 0.480. The highest BCUT2D eigenvalue weighted by Crippen LogP contribution is 2.27. The fraction of sp³-hybridized carbons (Fsp3) is 0.238. The number of nitrogens with zero attached hydrogens (tertiary/aromatic N) is 2. The fourth-order valence-electron chi connectivity index (χ4n) is 2.72. The van der Waals surface area contributed by atoms with E-state index in [-0.39, 0.29) is 18.2 Å². The maximum Gasteiger partial charge on any atom is 0.240 e. The molecule has 162 valence electrons. The molecule has 2 aromatic carbocycles. The normalized spacial score (nSPS) is 16.9. The van der Waals surface area contributed by atoms with E-state index < -0.39 is 5.25 Å². The zero-order valence-electron chi connectivity index (χ0n) is 17.2. The molecule has 2 aromatic rings. The van der Waals surface area contributed by atoms with Crippen molar-refractivity contribution in [1.29, 1.82) is 0 Å². The summed E-state index contributed by atoms with van der Waals surface area (Å²) in [5.74, 6) is 1.33. The van der Waals surface area contributed by atoms with Gasteiger partial charge < -0.3 is 24.8 Å². The summed E-state index contributed by atoms with van der Waals surface area (Å²) in [6.45, 7) is 0. The van der Waals surface area contributed by atoms with Gasteiger partial charge >= 0.3 is 0 Å². The summed E-state index contributed by atoms with van der Waals surface area (Å²) in [6, 6.07) is 12.3. The van der Waals surface area contributed by atoms with Crippen LogP contribution in [0, 0.1) is 0 Å². The number of amidine groups is 1. The highest BCUT2D eigenvalue weighted by atomic mass is 32.2. The van der Waals surface area contributed by atoms with Crippen LogP contribution in [0.1, 0.15) is 12.0 Å². The summed E-state index contributed by atoms with van der Waals surface area (Å²) in [6.07, 6.45) is 1.55. The van der Waals surface area contributed by atoms with Crippen LogP contribution in [0.4, 0.5) is 5.69 Å². The number of benzene rings is 2. The van der Waals surface area contributed by atoms with Crippen molar-refractivity contribution in [2.45, 2.75) is 11.7 Å². The monoisotopic (exact) mass is 442 g/mol. The van der Waals surface area contributed by atoms with Crippen molar-refractivity contribution in [2.75, 3.05) is 26.6 Å². The number of amides is 2. The molecule has 3 rings (SSSR count).